The van der Waals surface area contributed by atoms with Crippen molar-refractivity contribution in [2.75, 3.05) is 44.5 Å². The number of amides is 1. The fourth-order valence-electron chi connectivity index (χ4n) is 2.09. The Bertz CT molecular complexity index is 460. The van der Waals surface area contributed by atoms with Crippen LogP contribution in [0, 0.1) is 0 Å². The molecule has 0 bridgehead atoms. The van der Waals surface area contributed by atoms with Crippen LogP contribution in [0.2, 0.25) is 0 Å². The Labute approximate surface area is 128 Å². The van der Waals surface area contributed by atoms with E-state index < -0.39 is 0 Å². The Kier molecular flexibility index (Phi) is 6.21. The number of ether oxygens (including phenoxy) is 2. The molecule has 4 N–H and O–H groups in total. The number of rotatable bonds is 7. The predicted molar refractivity (Wildman–Crippen MR) is 82.8 cm³/mol. The Hall–Kier alpha value is -1.38. The highest BCUT2D eigenvalue weighted by Crippen LogP contribution is 2.24. The smallest absolute Gasteiger partial charge is 0.265 e. The zero-order valence-electron chi connectivity index (χ0n) is 12.2. The average Bonchev–Trinajstić information content (AvgIpc) is 2.87. The maximum atomic E-state index is 12.1. The topological polar surface area (TPSA) is 98.5 Å². The number of nitrogens with one attached hydrogen (secondary N) is 2. The van der Waals surface area contributed by atoms with E-state index in [1.807, 2.05) is 0 Å². The molecular weight excluding hydrogens is 292 g/mol. The highest BCUT2D eigenvalue weighted by Gasteiger charge is 2.19. The van der Waals surface area contributed by atoms with E-state index in [0.717, 1.165) is 25.9 Å². The molecule has 1 amide bonds. The number of hydrogen-bond donors (Lipinski definition) is 3. The molecule has 0 aliphatic carbocycles. The molecule has 7 nitrogen and oxygen atoms in total. The number of methoxy groups -OCH3 is 1. The van der Waals surface area contributed by atoms with Crippen molar-refractivity contribution in [3.63, 3.8) is 0 Å². The largest absolute Gasteiger partial charge is 0.383 e. The second kappa shape index (κ2) is 8.16. The van der Waals surface area contributed by atoms with Gasteiger partial charge in [0.2, 0.25) is 0 Å². The molecule has 0 aromatic carbocycles. The molecule has 21 heavy (non-hydrogen) atoms. The van der Waals surface area contributed by atoms with Crippen LogP contribution < -0.4 is 16.4 Å². The Morgan fingerprint density at radius 1 is 1.57 bits per heavy atom. The molecule has 0 saturated carbocycles. The average molecular weight is 314 g/mol. The molecular formula is C13H22N4O3S. The summed E-state index contributed by atoms with van der Waals surface area (Å²) in [5.41, 5.74) is 5.79. The number of carbonyl (C=O) groups excluding carboxylic acids is 1. The Morgan fingerprint density at radius 3 is 3.14 bits per heavy atom. The summed E-state index contributed by atoms with van der Waals surface area (Å²) in [7, 11) is 1.63. The molecule has 1 aromatic rings. The monoisotopic (exact) mass is 314 g/mol. The predicted octanol–water partition coefficient (Wildman–Crippen LogP) is 1.08. The van der Waals surface area contributed by atoms with E-state index in [2.05, 4.69) is 15.6 Å². The molecule has 1 aliphatic rings. The number of carbonyl (C=O) groups is 1. The van der Waals surface area contributed by atoms with Crippen LogP contribution in [0.15, 0.2) is 0 Å². The lowest BCUT2D eigenvalue weighted by molar-refractivity contribution is 0.0169. The lowest BCUT2D eigenvalue weighted by atomic mass is 10.1. The number of aromatic nitrogens is 1. The third-order valence-electron chi connectivity index (χ3n) is 3.21. The van der Waals surface area contributed by atoms with E-state index in [4.69, 9.17) is 15.2 Å². The van der Waals surface area contributed by atoms with Crippen LogP contribution in [0.25, 0.3) is 0 Å². The molecule has 1 unspecified atom stereocenters. The van der Waals surface area contributed by atoms with E-state index in [1.165, 1.54) is 11.3 Å². The zero-order valence-corrected chi connectivity index (χ0v) is 13.0. The highest BCUT2D eigenvalue weighted by molar-refractivity contribution is 7.18. The standard InChI is InChI=1S/C13H22N4O3S/c1-19-7-5-15-13-17-11(14)10(21-13)12(18)16-8-9-4-2-3-6-20-9/h9H,2-8,14H2,1H3,(H,15,17)(H,16,18). The Morgan fingerprint density at radius 2 is 2.43 bits per heavy atom. The first kappa shape index (κ1) is 16.0. The van der Waals surface area contributed by atoms with Gasteiger partial charge in [-0.2, -0.15) is 0 Å². The molecule has 1 atom stereocenters. The summed E-state index contributed by atoms with van der Waals surface area (Å²) in [5.74, 6) is 0.0564. The third-order valence-corrected chi connectivity index (χ3v) is 4.23. The van der Waals surface area contributed by atoms with Crippen molar-refractivity contribution < 1.29 is 14.3 Å². The van der Waals surface area contributed by atoms with Crippen molar-refractivity contribution in [3.05, 3.63) is 4.88 Å². The summed E-state index contributed by atoms with van der Waals surface area (Å²) in [6, 6.07) is 0. The molecule has 1 saturated heterocycles. The van der Waals surface area contributed by atoms with Crippen molar-refractivity contribution in [2.45, 2.75) is 25.4 Å². The summed E-state index contributed by atoms with van der Waals surface area (Å²) in [6.45, 7) is 2.49. The normalized spacial score (nSPS) is 18.4. The van der Waals surface area contributed by atoms with Crippen LogP contribution >= 0.6 is 11.3 Å². The van der Waals surface area contributed by atoms with Crippen LogP contribution in [0.3, 0.4) is 0 Å². The molecule has 8 heteroatoms. The summed E-state index contributed by atoms with van der Waals surface area (Å²) in [5, 5.41) is 6.56. The lowest BCUT2D eigenvalue weighted by Crippen LogP contribution is -2.35. The molecule has 1 aromatic heterocycles. The van der Waals surface area contributed by atoms with E-state index >= 15 is 0 Å². The second-order valence-corrected chi connectivity index (χ2v) is 5.85. The summed E-state index contributed by atoms with van der Waals surface area (Å²) in [4.78, 5) is 16.7. The van der Waals surface area contributed by atoms with Crippen LogP contribution in [0.5, 0.6) is 0 Å². The first-order chi connectivity index (χ1) is 10.2. The van der Waals surface area contributed by atoms with Gasteiger partial charge in [-0.05, 0) is 19.3 Å². The van der Waals surface area contributed by atoms with Gasteiger partial charge in [0, 0.05) is 26.8 Å². The van der Waals surface area contributed by atoms with Gasteiger partial charge >= 0.3 is 0 Å². The van der Waals surface area contributed by atoms with Gasteiger partial charge < -0.3 is 25.8 Å². The number of hydrogen-bond acceptors (Lipinski definition) is 7. The minimum Gasteiger partial charge on any atom is -0.383 e. The van der Waals surface area contributed by atoms with Gasteiger partial charge in [0.15, 0.2) is 5.13 Å². The number of anilines is 2. The van der Waals surface area contributed by atoms with Gasteiger partial charge in [-0.3, -0.25) is 4.79 Å². The molecule has 1 fully saturated rings. The van der Waals surface area contributed by atoms with Crippen LogP contribution in [0.1, 0.15) is 28.9 Å². The van der Waals surface area contributed by atoms with E-state index in [9.17, 15) is 4.79 Å². The quantitative estimate of drug-likeness (QED) is 0.652. The minimum atomic E-state index is -0.195. The van der Waals surface area contributed by atoms with Crippen LogP contribution in [-0.4, -0.2) is 50.4 Å². The van der Waals surface area contributed by atoms with Crippen molar-refractivity contribution in [2.24, 2.45) is 0 Å². The first-order valence-electron chi connectivity index (χ1n) is 7.09. The minimum absolute atomic E-state index is 0.108. The van der Waals surface area contributed by atoms with Gasteiger partial charge in [0.25, 0.3) is 5.91 Å². The maximum absolute atomic E-state index is 12.1. The summed E-state index contributed by atoms with van der Waals surface area (Å²) in [6.07, 6.45) is 3.35. The molecule has 2 heterocycles. The molecule has 0 radical (unpaired) electrons. The van der Waals surface area contributed by atoms with Crippen molar-refractivity contribution in [3.8, 4) is 0 Å². The number of nitrogen functional groups attached to an aromatic ring is 1. The molecule has 0 spiro atoms. The van der Waals surface area contributed by atoms with Gasteiger partial charge in [-0.15, -0.1) is 0 Å². The number of nitrogens with zero attached hydrogens (tertiary/aromatic N) is 1. The lowest BCUT2D eigenvalue weighted by Gasteiger charge is -2.22. The number of nitrogens with two attached hydrogens (primary N) is 1. The van der Waals surface area contributed by atoms with Crippen LogP contribution in [0.4, 0.5) is 10.9 Å². The first-order valence-corrected chi connectivity index (χ1v) is 7.91. The number of thiazole rings is 1. The van der Waals surface area contributed by atoms with Crippen LogP contribution in [-0.2, 0) is 9.47 Å². The third kappa shape index (κ3) is 4.83. The van der Waals surface area contributed by atoms with Gasteiger partial charge in [0.1, 0.15) is 10.7 Å². The van der Waals surface area contributed by atoms with E-state index in [0.29, 0.717) is 29.7 Å². The summed E-state index contributed by atoms with van der Waals surface area (Å²) < 4.78 is 10.5. The fourth-order valence-corrected chi connectivity index (χ4v) is 2.91. The molecule has 2 rings (SSSR count). The van der Waals surface area contributed by atoms with Gasteiger partial charge in [0.05, 0.1) is 12.7 Å². The second-order valence-electron chi connectivity index (χ2n) is 4.85. The SMILES string of the molecule is COCCNc1nc(N)c(C(=O)NCC2CCCCO2)s1. The van der Waals surface area contributed by atoms with Crippen molar-refractivity contribution >= 4 is 28.2 Å². The zero-order chi connectivity index (χ0) is 15.1. The molecule has 118 valence electrons. The van der Waals surface area contributed by atoms with E-state index in [-0.39, 0.29) is 17.8 Å². The highest BCUT2D eigenvalue weighted by atomic mass is 32.1. The maximum Gasteiger partial charge on any atom is 0.265 e. The van der Waals surface area contributed by atoms with Gasteiger partial charge in [-0.25, -0.2) is 4.98 Å². The Balaban J connectivity index is 1.83. The van der Waals surface area contributed by atoms with Gasteiger partial charge in [-0.1, -0.05) is 11.3 Å². The molecule has 1 aliphatic heterocycles. The van der Waals surface area contributed by atoms with E-state index in [1.54, 1.807) is 7.11 Å². The van der Waals surface area contributed by atoms with Crippen molar-refractivity contribution in [1.82, 2.24) is 10.3 Å². The van der Waals surface area contributed by atoms with Crippen molar-refractivity contribution in [1.29, 1.82) is 0 Å². The fraction of sp³-hybridized carbons (Fsp3) is 0.692. The summed E-state index contributed by atoms with van der Waals surface area (Å²) >= 11 is 1.25.